The fraction of sp³-hybridized carbons (Fsp3) is 1.00. The fourth-order valence-corrected chi connectivity index (χ4v) is 34.5. The second-order valence-electron chi connectivity index (χ2n) is 18.3. The standard InChI is InChI=1S/C36H68O8Si4/c1-45(19-15-27-7-5-9-31(37)23-27)41-46(2,20-16-28-8-6-10-32(38)24-28)43-48(4,22-18-30-12-14-34-36(26-30)40-34)44-47(3,42-45)21-17-29-11-13-33-35(25-29)39-33/h27-38H,5-26H2,1-4H3. The molecule has 7 aliphatic rings. The van der Waals surface area contributed by atoms with E-state index in [-0.39, 0.29) is 12.2 Å². The number of aliphatic hydroxyl groups excluding tert-OH is 2. The molecule has 0 spiro atoms. The summed E-state index contributed by atoms with van der Waals surface area (Å²) in [6.07, 6.45) is 21.9. The monoisotopic (exact) mass is 740 g/mol. The van der Waals surface area contributed by atoms with Crippen LogP contribution in [-0.4, -0.2) is 81.1 Å². The summed E-state index contributed by atoms with van der Waals surface area (Å²) >= 11 is 0. The highest BCUT2D eigenvalue weighted by Crippen LogP contribution is 2.46. The number of fused-ring (bicyclic) bond motifs is 2. The van der Waals surface area contributed by atoms with Gasteiger partial charge < -0.3 is 36.1 Å². The lowest BCUT2D eigenvalue weighted by atomic mass is 9.86. The average molecular weight is 741 g/mol. The van der Waals surface area contributed by atoms with E-state index in [1.807, 2.05) is 0 Å². The van der Waals surface area contributed by atoms with Crippen molar-refractivity contribution in [1.29, 1.82) is 0 Å². The van der Waals surface area contributed by atoms with Gasteiger partial charge >= 0.3 is 34.2 Å². The zero-order chi connectivity index (χ0) is 33.6. The van der Waals surface area contributed by atoms with Crippen LogP contribution in [0.4, 0.5) is 0 Å². The number of ether oxygens (including phenoxy) is 2. The molecule has 8 nitrogen and oxygen atoms in total. The van der Waals surface area contributed by atoms with Crippen molar-refractivity contribution in [3.8, 4) is 0 Å². The van der Waals surface area contributed by atoms with Crippen molar-refractivity contribution in [1.82, 2.24) is 0 Å². The number of hydrogen-bond donors (Lipinski definition) is 2. The Balaban J connectivity index is 1.10. The van der Waals surface area contributed by atoms with Crippen LogP contribution in [0, 0.1) is 23.7 Å². The summed E-state index contributed by atoms with van der Waals surface area (Å²) in [5.41, 5.74) is 0. The lowest BCUT2D eigenvalue weighted by Gasteiger charge is -2.51. The maximum atomic E-state index is 10.5. The van der Waals surface area contributed by atoms with Crippen LogP contribution in [0.3, 0.4) is 0 Å². The van der Waals surface area contributed by atoms with Gasteiger partial charge in [-0.1, -0.05) is 25.7 Å². The van der Waals surface area contributed by atoms with Crippen LogP contribution < -0.4 is 0 Å². The Hall–Kier alpha value is 0.548. The summed E-state index contributed by atoms with van der Waals surface area (Å²) in [7, 11) is -10.7. The number of epoxide rings is 2. The first kappa shape index (κ1) is 36.9. The summed E-state index contributed by atoms with van der Waals surface area (Å²) in [4.78, 5) is 0. The molecule has 0 radical (unpaired) electrons. The molecule has 2 N–H and O–H groups in total. The molecule has 0 aromatic rings. The van der Waals surface area contributed by atoms with Crippen molar-refractivity contribution in [2.45, 2.75) is 203 Å². The molecule has 14 atom stereocenters. The number of hydrogen-bond acceptors (Lipinski definition) is 8. The highest BCUT2D eigenvalue weighted by molar-refractivity contribution is 6.93. The molecule has 48 heavy (non-hydrogen) atoms. The van der Waals surface area contributed by atoms with Crippen LogP contribution in [-0.2, 0) is 25.9 Å². The van der Waals surface area contributed by atoms with E-state index >= 15 is 0 Å². The largest absolute Gasteiger partial charge is 0.416 e. The molecule has 3 heterocycles. The van der Waals surface area contributed by atoms with Crippen molar-refractivity contribution in [2.75, 3.05) is 0 Å². The van der Waals surface area contributed by atoms with Gasteiger partial charge in [0.15, 0.2) is 0 Å². The first-order valence-electron chi connectivity index (χ1n) is 20.3. The van der Waals surface area contributed by atoms with E-state index in [9.17, 15) is 10.2 Å². The van der Waals surface area contributed by atoms with E-state index in [4.69, 9.17) is 25.9 Å². The van der Waals surface area contributed by atoms with Crippen molar-refractivity contribution in [3.05, 3.63) is 0 Å². The zero-order valence-corrected chi connectivity index (χ0v) is 34.7. The molecule has 4 aliphatic carbocycles. The molecular formula is C36H68O8Si4. The predicted molar refractivity (Wildman–Crippen MR) is 196 cm³/mol. The van der Waals surface area contributed by atoms with E-state index in [1.54, 1.807) is 0 Å². The fourth-order valence-electron chi connectivity index (χ4n) is 10.7. The molecule has 0 bridgehead atoms. The maximum absolute atomic E-state index is 10.5. The molecule has 12 heteroatoms. The van der Waals surface area contributed by atoms with Crippen LogP contribution in [0.2, 0.25) is 50.4 Å². The van der Waals surface area contributed by atoms with Gasteiger partial charge in [0, 0.05) is 0 Å². The van der Waals surface area contributed by atoms with Crippen molar-refractivity contribution >= 4 is 34.2 Å². The van der Waals surface area contributed by atoms with Gasteiger partial charge in [-0.05, 0) is 164 Å². The highest BCUT2D eigenvalue weighted by Gasteiger charge is 2.57. The molecule has 14 unspecified atom stereocenters. The molecule has 0 aromatic heterocycles. The number of rotatable bonds is 12. The SMILES string of the molecule is C[Si]1(CCC2CCCC(O)C2)O[Si](C)(CCC2CCCC(O)C2)O[Si](C)(CCC2CCC3OC3C2)O[Si](C)(CCC2CCC3OC3C2)O1. The lowest BCUT2D eigenvalue weighted by Crippen LogP contribution is -2.67. The normalized spacial score (nSPS) is 50.9. The highest BCUT2D eigenvalue weighted by atomic mass is 28.5. The van der Waals surface area contributed by atoms with E-state index in [0.717, 1.165) is 88.4 Å². The number of aliphatic hydroxyl groups is 2. The molecule has 7 fully saturated rings. The van der Waals surface area contributed by atoms with E-state index < -0.39 is 34.2 Å². The van der Waals surface area contributed by atoms with Gasteiger partial charge in [-0.25, -0.2) is 0 Å². The van der Waals surface area contributed by atoms with Crippen molar-refractivity contribution < 1.29 is 36.1 Å². The summed E-state index contributed by atoms with van der Waals surface area (Å²) in [6, 6.07) is 3.92. The molecular weight excluding hydrogens is 673 g/mol. The van der Waals surface area contributed by atoms with Gasteiger partial charge in [-0.3, -0.25) is 0 Å². The Kier molecular flexibility index (Phi) is 11.6. The first-order valence-corrected chi connectivity index (χ1v) is 30.4. The third-order valence-electron chi connectivity index (χ3n) is 13.5. The van der Waals surface area contributed by atoms with E-state index in [1.165, 1.54) is 51.4 Å². The van der Waals surface area contributed by atoms with Crippen molar-refractivity contribution in [3.63, 3.8) is 0 Å². The van der Waals surface area contributed by atoms with Gasteiger partial charge in [-0.2, -0.15) is 0 Å². The molecule has 276 valence electrons. The average Bonchev–Trinajstić information content (AvgIpc) is 3.95. The molecule has 7 rings (SSSR count). The van der Waals surface area contributed by atoms with Gasteiger partial charge in [0.2, 0.25) is 0 Å². The Morgan fingerprint density at radius 3 is 1.06 bits per heavy atom. The second kappa shape index (κ2) is 15.1. The Morgan fingerprint density at radius 1 is 0.417 bits per heavy atom. The van der Waals surface area contributed by atoms with Crippen molar-refractivity contribution in [2.24, 2.45) is 23.7 Å². The minimum absolute atomic E-state index is 0.159. The summed E-state index contributed by atoms with van der Waals surface area (Å²) < 4.78 is 42.2. The Labute approximate surface area is 295 Å². The van der Waals surface area contributed by atoms with Gasteiger partial charge in [0.1, 0.15) is 0 Å². The van der Waals surface area contributed by atoms with E-state index in [2.05, 4.69) is 26.2 Å². The molecule has 4 saturated carbocycles. The van der Waals surface area contributed by atoms with Gasteiger partial charge in [-0.15, -0.1) is 0 Å². The summed E-state index contributed by atoms with van der Waals surface area (Å²) in [5, 5.41) is 20.9. The molecule has 3 aliphatic heterocycles. The minimum atomic E-state index is -2.69. The van der Waals surface area contributed by atoms with Crippen LogP contribution in [0.5, 0.6) is 0 Å². The third kappa shape index (κ3) is 9.94. The summed E-state index contributed by atoms with van der Waals surface area (Å²) in [5.74, 6) is 2.48. The van der Waals surface area contributed by atoms with Gasteiger partial charge in [0.05, 0.1) is 36.6 Å². The molecule has 0 aromatic carbocycles. The third-order valence-corrected chi connectivity index (χ3v) is 32.1. The Bertz CT molecular complexity index is 951. The van der Waals surface area contributed by atoms with Crippen LogP contribution in [0.25, 0.3) is 0 Å². The smallest absolute Gasteiger partial charge is 0.317 e. The van der Waals surface area contributed by atoms with Crippen LogP contribution >= 0.6 is 0 Å². The topological polar surface area (TPSA) is 102 Å². The Morgan fingerprint density at radius 2 is 0.750 bits per heavy atom. The second-order valence-corrected chi connectivity index (χ2v) is 32.6. The van der Waals surface area contributed by atoms with Crippen LogP contribution in [0.1, 0.15) is 116 Å². The van der Waals surface area contributed by atoms with Crippen LogP contribution in [0.15, 0.2) is 0 Å². The quantitative estimate of drug-likeness (QED) is 0.153. The minimum Gasteiger partial charge on any atom is -0.416 e. The summed E-state index contributed by atoms with van der Waals surface area (Å²) in [6.45, 7) is 9.39. The molecule has 3 saturated heterocycles. The first-order chi connectivity index (χ1) is 22.9. The maximum Gasteiger partial charge on any atom is 0.317 e. The van der Waals surface area contributed by atoms with E-state index in [0.29, 0.717) is 48.1 Å². The lowest BCUT2D eigenvalue weighted by molar-refractivity contribution is 0.0981. The predicted octanol–water partition coefficient (Wildman–Crippen LogP) is 8.15. The zero-order valence-electron chi connectivity index (χ0n) is 30.7. The van der Waals surface area contributed by atoms with Gasteiger partial charge in [0.25, 0.3) is 0 Å². The molecule has 0 amide bonds.